The molecule has 0 aliphatic carbocycles. The van der Waals surface area contributed by atoms with E-state index >= 15 is 0 Å². The average Bonchev–Trinajstić information content (AvgIpc) is 3.22. The maximum atomic E-state index is 14.2. The van der Waals surface area contributed by atoms with Crippen LogP contribution in [0.2, 0.25) is 0 Å². The zero-order valence-corrected chi connectivity index (χ0v) is 38.4. The minimum absolute atomic E-state index is 0.0651. The molecule has 2 rings (SSSR count). The Bertz CT molecular complexity index is 1850. The summed E-state index contributed by atoms with van der Waals surface area (Å²) in [5.41, 5.74) is -0.0102. The number of ether oxygens (including phenoxy) is 2. The van der Waals surface area contributed by atoms with E-state index in [1.54, 1.807) is 54.5 Å². The molecule has 0 spiro atoms. The highest BCUT2D eigenvalue weighted by molar-refractivity contribution is 5.96. The summed E-state index contributed by atoms with van der Waals surface area (Å²) in [5.74, 6) is -6.88. The molecule has 4 N–H and O–H groups in total. The number of nitrogens with zero attached hydrogens (tertiary/aromatic N) is 2. The van der Waals surface area contributed by atoms with Gasteiger partial charge in [-0.3, -0.25) is 24.0 Å². The van der Waals surface area contributed by atoms with Crippen LogP contribution in [-0.4, -0.2) is 120 Å². The minimum Gasteiger partial charge on any atom is -0.456 e. The SMILES string of the molecule is C/C=C(\C)[C@H]1OC(=O)[C@@H](C)NC(=O)C(C(C)CC)NC(=O)CN(C)C(=O)[C@@H](Cc2ccc(C(F)(F)F)cc2)N(C)C(=O)[C@H](C)NC(=O)[C@@H](CC(C)C)OC(=O)/C(C)=C/C[C@H](O)[C@@H]1C. The lowest BCUT2D eigenvalue weighted by molar-refractivity contribution is -0.155. The fourth-order valence-electron chi connectivity index (χ4n) is 6.76. The van der Waals surface area contributed by atoms with Crippen molar-refractivity contribution in [2.24, 2.45) is 17.8 Å². The Labute approximate surface area is 368 Å². The molecule has 1 aliphatic heterocycles. The molecule has 63 heavy (non-hydrogen) atoms. The molecular formula is C45H66F3N5O10. The number of cyclic esters (lactones) is 2. The number of allylic oxidation sites excluding steroid dienone is 1. The number of aliphatic hydroxyl groups is 1. The van der Waals surface area contributed by atoms with Crippen molar-refractivity contribution in [1.82, 2.24) is 25.8 Å². The first-order valence-electron chi connectivity index (χ1n) is 21.2. The van der Waals surface area contributed by atoms with Gasteiger partial charge < -0.3 is 40.3 Å². The summed E-state index contributed by atoms with van der Waals surface area (Å²) < 4.78 is 51.6. The summed E-state index contributed by atoms with van der Waals surface area (Å²) in [6.07, 6.45) is -4.81. The van der Waals surface area contributed by atoms with Crippen molar-refractivity contribution in [3.8, 4) is 0 Å². The lowest BCUT2D eigenvalue weighted by Gasteiger charge is -2.33. The van der Waals surface area contributed by atoms with Crippen LogP contribution in [0.1, 0.15) is 99.6 Å². The van der Waals surface area contributed by atoms with Gasteiger partial charge in [0.1, 0.15) is 30.3 Å². The zero-order valence-electron chi connectivity index (χ0n) is 38.4. The minimum atomic E-state index is -4.63. The number of esters is 2. The molecule has 0 radical (unpaired) electrons. The smallest absolute Gasteiger partial charge is 0.416 e. The van der Waals surface area contributed by atoms with Crippen LogP contribution in [0.15, 0.2) is 47.6 Å². The van der Waals surface area contributed by atoms with Crippen molar-refractivity contribution >= 4 is 41.5 Å². The number of likely N-dealkylation sites (N-methyl/N-ethyl adjacent to an activating group) is 2. The third-order valence-corrected chi connectivity index (χ3v) is 11.3. The molecule has 1 aliphatic rings. The van der Waals surface area contributed by atoms with Gasteiger partial charge in [-0.25, -0.2) is 9.59 Å². The Balaban J connectivity index is 2.66. The predicted octanol–water partition coefficient (Wildman–Crippen LogP) is 4.26. The van der Waals surface area contributed by atoms with E-state index in [9.17, 15) is 51.8 Å². The van der Waals surface area contributed by atoms with Crippen molar-refractivity contribution in [1.29, 1.82) is 0 Å². The highest BCUT2D eigenvalue weighted by atomic mass is 19.4. The van der Waals surface area contributed by atoms with Gasteiger partial charge in [-0.15, -0.1) is 0 Å². The van der Waals surface area contributed by atoms with Crippen molar-refractivity contribution in [2.45, 2.75) is 144 Å². The summed E-state index contributed by atoms with van der Waals surface area (Å²) in [6, 6.07) is -1.10. The Kier molecular flexibility index (Phi) is 20.5. The van der Waals surface area contributed by atoms with Crippen LogP contribution in [-0.2, 0) is 55.6 Å². The average molecular weight is 894 g/mol. The standard InChI is InChI=1S/C45H66F3N5O10/c1-13-25(5)37-40(57)50-30(10)44(61)63-38(26(6)14-2)28(8)34(54)20-15-27(7)43(60)62-35(21-24(3)4)39(56)49-29(9)41(58)53(12)33(42(59)52(11)23-36(55)51-37)22-31-16-18-32(19-17-31)45(46,47)48/h14-19,24-25,28-30,33-35,37-38,54H,13,20-23H2,1-12H3,(H,49,56)(H,50,57)(H,51,55)/b26-14+,27-15+/t25?,28-,29-,30+,33+,34-,35+,37?,38+/m0/s1. The molecule has 352 valence electrons. The number of carbonyl (C=O) groups is 7. The van der Waals surface area contributed by atoms with Crippen LogP contribution < -0.4 is 16.0 Å². The Morgan fingerprint density at radius 1 is 0.905 bits per heavy atom. The first-order valence-corrected chi connectivity index (χ1v) is 21.2. The second-order valence-electron chi connectivity index (χ2n) is 16.9. The molecule has 1 heterocycles. The molecule has 0 bridgehead atoms. The highest BCUT2D eigenvalue weighted by Gasteiger charge is 2.37. The van der Waals surface area contributed by atoms with Crippen LogP contribution >= 0.6 is 0 Å². The second kappa shape index (κ2) is 24.0. The van der Waals surface area contributed by atoms with E-state index in [2.05, 4.69) is 16.0 Å². The molecule has 1 aromatic rings. The van der Waals surface area contributed by atoms with Gasteiger partial charge in [0.25, 0.3) is 5.91 Å². The molecule has 0 fully saturated rings. The van der Waals surface area contributed by atoms with Crippen LogP contribution in [0.5, 0.6) is 0 Å². The molecule has 15 nitrogen and oxygen atoms in total. The van der Waals surface area contributed by atoms with Gasteiger partial charge in [-0.2, -0.15) is 13.2 Å². The first kappa shape index (κ1) is 53.9. The second-order valence-corrected chi connectivity index (χ2v) is 16.9. The van der Waals surface area contributed by atoms with E-state index in [4.69, 9.17) is 9.47 Å². The molecule has 0 saturated heterocycles. The summed E-state index contributed by atoms with van der Waals surface area (Å²) in [5, 5.41) is 19.0. The molecule has 5 amide bonds. The van der Waals surface area contributed by atoms with Gasteiger partial charge in [0, 0.05) is 32.0 Å². The lowest BCUT2D eigenvalue weighted by Crippen LogP contribution is -2.57. The molecular weight excluding hydrogens is 828 g/mol. The van der Waals surface area contributed by atoms with Gasteiger partial charge in [0.2, 0.25) is 23.6 Å². The first-order chi connectivity index (χ1) is 29.2. The van der Waals surface area contributed by atoms with Gasteiger partial charge in [0.05, 0.1) is 18.2 Å². The molecule has 2 unspecified atom stereocenters. The topological polar surface area (TPSA) is 201 Å². The lowest BCUT2D eigenvalue weighted by atomic mass is 9.90. The maximum absolute atomic E-state index is 14.2. The number of amides is 5. The normalized spacial score (nSPS) is 28.0. The maximum Gasteiger partial charge on any atom is 0.416 e. The van der Waals surface area contributed by atoms with Crippen molar-refractivity contribution < 1.29 is 61.3 Å². The van der Waals surface area contributed by atoms with Crippen molar-refractivity contribution in [3.05, 3.63) is 58.7 Å². The highest BCUT2D eigenvalue weighted by Crippen LogP contribution is 2.30. The summed E-state index contributed by atoms with van der Waals surface area (Å²) in [7, 11) is 2.55. The van der Waals surface area contributed by atoms with Crippen molar-refractivity contribution in [2.75, 3.05) is 20.6 Å². The van der Waals surface area contributed by atoms with Gasteiger partial charge in [-0.1, -0.05) is 65.3 Å². The Hall–Kier alpha value is -5.26. The number of aliphatic hydroxyl groups excluding tert-OH is 1. The van der Waals surface area contributed by atoms with E-state index in [-0.39, 0.29) is 36.3 Å². The van der Waals surface area contributed by atoms with E-state index < -0.39 is 114 Å². The fraction of sp³-hybridized carbons (Fsp3) is 0.622. The van der Waals surface area contributed by atoms with Crippen LogP contribution in [0.3, 0.4) is 0 Å². The van der Waals surface area contributed by atoms with Crippen LogP contribution in [0, 0.1) is 17.8 Å². The number of carbonyl (C=O) groups excluding carboxylic acids is 7. The number of rotatable bonds is 7. The van der Waals surface area contributed by atoms with E-state index in [0.29, 0.717) is 12.0 Å². The number of alkyl halides is 3. The third-order valence-electron chi connectivity index (χ3n) is 11.3. The van der Waals surface area contributed by atoms with E-state index in [1.165, 1.54) is 53.1 Å². The van der Waals surface area contributed by atoms with Gasteiger partial charge in [-0.05, 0) is 82.6 Å². The third kappa shape index (κ3) is 15.8. The van der Waals surface area contributed by atoms with Gasteiger partial charge >= 0.3 is 18.1 Å². The Morgan fingerprint density at radius 2 is 1.49 bits per heavy atom. The van der Waals surface area contributed by atoms with E-state index in [1.807, 2.05) is 0 Å². The molecule has 9 atom stereocenters. The molecule has 1 aromatic carbocycles. The number of nitrogens with one attached hydrogen (secondary N) is 3. The number of halogens is 3. The van der Waals surface area contributed by atoms with Crippen LogP contribution in [0.4, 0.5) is 13.2 Å². The van der Waals surface area contributed by atoms with Gasteiger partial charge in [0.15, 0.2) is 6.10 Å². The van der Waals surface area contributed by atoms with E-state index in [0.717, 1.165) is 21.9 Å². The summed E-state index contributed by atoms with van der Waals surface area (Å²) in [4.78, 5) is 97.8. The summed E-state index contributed by atoms with van der Waals surface area (Å²) in [6.45, 7) is 15.8. The predicted molar refractivity (Wildman–Crippen MR) is 228 cm³/mol. The number of benzene rings is 1. The largest absolute Gasteiger partial charge is 0.456 e. The number of hydrogen-bond donors (Lipinski definition) is 4. The zero-order chi connectivity index (χ0) is 48.1. The summed E-state index contributed by atoms with van der Waals surface area (Å²) >= 11 is 0. The Morgan fingerprint density at radius 3 is 2.03 bits per heavy atom. The quantitative estimate of drug-likeness (QED) is 0.227. The molecule has 18 heteroatoms. The molecule has 0 aromatic heterocycles. The number of hydrogen-bond acceptors (Lipinski definition) is 10. The monoisotopic (exact) mass is 893 g/mol. The fourth-order valence-corrected chi connectivity index (χ4v) is 6.76. The van der Waals surface area contributed by atoms with Crippen LogP contribution in [0.25, 0.3) is 0 Å². The molecule has 0 saturated carbocycles. The van der Waals surface area contributed by atoms with Crippen molar-refractivity contribution in [3.63, 3.8) is 0 Å².